The molecular weight excluding hydrogens is 376 g/mol. The second-order valence-electron chi connectivity index (χ2n) is 6.19. The number of nitrogens with zero attached hydrogens (tertiary/aromatic N) is 2. The number of aromatic nitrogens is 2. The van der Waals surface area contributed by atoms with Crippen LogP contribution in [0.25, 0.3) is 6.08 Å². The van der Waals surface area contributed by atoms with Crippen LogP contribution < -0.4 is 10.6 Å². The predicted molar refractivity (Wildman–Crippen MR) is 111 cm³/mol. The van der Waals surface area contributed by atoms with E-state index in [9.17, 15) is 9.59 Å². The van der Waals surface area contributed by atoms with Gasteiger partial charge in [0.2, 0.25) is 11.8 Å². The monoisotopic (exact) mass is 394 g/mol. The van der Waals surface area contributed by atoms with Gasteiger partial charge in [0, 0.05) is 36.5 Å². The molecule has 0 aliphatic carbocycles. The molecule has 2 amide bonds. The number of hydrogen-bond donors (Lipinski definition) is 2. The van der Waals surface area contributed by atoms with Crippen LogP contribution in [0.2, 0.25) is 5.02 Å². The first kappa shape index (κ1) is 19.4. The molecule has 0 atom stereocenters. The number of anilines is 2. The van der Waals surface area contributed by atoms with Crippen molar-refractivity contribution < 1.29 is 9.59 Å². The van der Waals surface area contributed by atoms with Crippen molar-refractivity contribution in [3.63, 3.8) is 0 Å². The van der Waals surface area contributed by atoms with Crippen molar-refractivity contribution in [3.8, 4) is 0 Å². The highest BCUT2D eigenvalue weighted by molar-refractivity contribution is 6.30. The van der Waals surface area contributed by atoms with E-state index in [0.29, 0.717) is 23.1 Å². The smallest absolute Gasteiger partial charge is 0.249 e. The van der Waals surface area contributed by atoms with Crippen LogP contribution in [0.15, 0.2) is 67.1 Å². The molecule has 1 heterocycles. The molecule has 3 aromatic rings. The molecule has 28 heavy (non-hydrogen) atoms. The fraction of sp³-hybridized carbons (Fsp3) is 0.0952. The van der Waals surface area contributed by atoms with Gasteiger partial charge in [-0.05, 0) is 41.5 Å². The average molecular weight is 395 g/mol. The second kappa shape index (κ2) is 9.01. The first-order valence-corrected chi connectivity index (χ1v) is 8.99. The molecule has 1 aromatic heterocycles. The van der Waals surface area contributed by atoms with E-state index in [1.165, 1.54) is 13.0 Å². The molecule has 0 aliphatic heterocycles. The molecule has 6 nitrogen and oxygen atoms in total. The summed E-state index contributed by atoms with van der Waals surface area (Å²) in [6, 6.07) is 14.8. The number of nitrogens with one attached hydrogen (secondary N) is 2. The fourth-order valence-corrected chi connectivity index (χ4v) is 2.79. The molecule has 0 fully saturated rings. The topological polar surface area (TPSA) is 76.0 Å². The lowest BCUT2D eigenvalue weighted by Crippen LogP contribution is -2.08. The molecule has 0 saturated heterocycles. The summed E-state index contributed by atoms with van der Waals surface area (Å²) < 4.78 is 1.87. The van der Waals surface area contributed by atoms with E-state index in [1.54, 1.807) is 30.7 Å². The normalized spacial score (nSPS) is 10.8. The van der Waals surface area contributed by atoms with Crippen molar-refractivity contribution in [1.82, 2.24) is 9.55 Å². The molecule has 3 rings (SSSR count). The quantitative estimate of drug-likeness (QED) is 0.615. The maximum absolute atomic E-state index is 12.1. The van der Waals surface area contributed by atoms with Gasteiger partial charge in [-0.1, -0.05) is 35.9 Å². The van der Waals surface area contributed by atoms with E-state index in [4.69, 9.17) is 11.6 Å². The van der Waals surface area contributed by atoms with E-state index in [-0.39, 0.29) is 11.8 Å². The zero-order chi connectivity index (χ0) is 19.9. The Kier molecular flexibility index (Phi) is 6.24. The number of imidazole rings is 1. The Morgan fingerprint density at radius 2 is 1.93 bits per heavy atom. The first-order valence-electron chi connectivity index (χ1n) is 8.61. The molecule has 7 heteroatoms. The van der Waals surface area contributed by atoms with Crippen molar-refractivity contribution in [2.24, 2.45) is 0 Å². The van der Waals surface area contributed by atoms with Gasteiger partial charge in [0.25, 0.3) is 0 Å². The van der Waals surface area contributed by atoms with E-state index >= 15 is 0 Å². The Hall–Kier alpha value is -3.38. The number of amides is 2. The molecule has 142 valence electrons. The summed E-state index contributed by atoms with van der Waals surface area (Å²) in [6.07, 6.45) is 6.54. The van der Waals surface area contributed by atoms with Crippen LogP contribution in [0.1, 0.15) is 18.1 Å². The average Bonchev–Trinajstić information content (AvgIpc) is 3.07. The fourth-order valence-electron chi connectivity index (χ4n) is 2.58. The molecule has 0 bridgehead atoms. The van der Waals surface area contributed by atoms with Gasteiger partial charge in [0.1, 0.15) is 0 Å². The third-order valence-corrected chi connectivity index (χ3v) is 4.03. The summed E-state index contributed by atoms with van der Waals surface area (Å²) in [5.41, 5.74) is 2.60. The van der Waals surface area contributed by atoms with Crippen LogP contribution in [0.5, 0.6) is 0 Å². The maximum Gasteiger partial charge on any atom is 0.249 e. The van der Waals surface area contributed by atoms with Gasteiger partial charge in [0.15, 0.2) is 5.82 Å². The van der Waals surface area contributed by atoms with Crippen molar-refractivity contribution in [1.29, 1.82) is 0 Å². The van der Waals surface area contributed by atoms with E-state index < -0.39 is 0 Å². The Morgan fingerprint density at radius 1 is 1.14 bits per heavy atom. The summed E-state index contributed by atoms with van der Waals surface area (Å²) in [6.45, 7) is 2.06. The van der Waals surface area contributed by atoms with Crippen LogP contribution in [-0.2, 0) is 16.1 Å². The lowest BCUT2D eigenvalue weighted by Gasteiger charge is -2.02. The molecule has 0 spiro atoms. The van der Waals surface area contributed by atoms with Gasteiger partial charge in [-0.25, -0.2) is 4.98 Å². The van der Waals surface area contributed by atoms with Crippen LogP contribution in [0, 0.1) is 0 Å². The van der Waals surface area contributed by atoms with Crippen molar-refractivity contribution >= 4 is 41.0 Å². The molecule has 2 N–H and O–H groups in total. The van der Waals surface area contributed by atoms with Gasteiger partial charge in [-0.2, -0.15) is 0 Å². The second-order valence-corrected chi connectivity index (χ2v) is 6.62. The highest BCUT2D eigenvalue weighted by Crippen LogP contribution is 2.13. The third-order valence-electron chi connectivity index (χ3n) is 3.80. The number of rotatable bonds is 6. The van der Waals surface area contributed by atoms with Crippen LogP contribution >= 0.6 is 11.6 Å². The van der Waals surface area contributed by atoms with Gasteiger partial charge in [-0.3, -0.25) is 9.59 Å². The SMILES string of the molecule is CC(=O)Nc1ccc(/C=C/C(=O)Nc2cn(Cc3cccc(Cl)c3)cn2)cc1. The molecular formula is C21H19ClN4O2. The molecule has 0 saturated carbocycles. The van der Waals surface area contributed by atoms with Crippen LogP contribution in [-0.4, -0.2) is 21.4 Å². The van der Waals surface area contributed by atoms with Crippen molar-refractivity contribution in [3.05, 3.63) is 83.3 Å². The summed E-state index contributed by atoms with van der Waals surface area (Å²) in [5.74, 6) is 0.0640. The lowest BCUT2D eigenvalue weighted by atomic mass is 10.2. The molecule has 0 unspecified atom stereocenters. The summed E-state index contributed by atoms with van der Waals surface area (Å²) in [4.78, 5) is 27.3. The zero-order valence-corrected chi connectivity index (χ0v) is 16.0. The number of hydrogen-bond acceptors (Lipinski definition) is 3. The van der Waals surface area contributed by atoms with E-state index in [1.807, 2.05) is 41.0 Å². The number of carbonyl (C=O) groups is 2. The Balaban J connectivity index is 1.55. The minimum atomic E-state index is -0.279. The van der Waals surface area contributed by atoms with E-state index in [0.717, 1.165) is 11.1 Å². The standard InChI is InChI=1S/C21H19ClN4O2/c1-15(27)24-19-8-5-16(6-9-19)7-10-21(28)25-20-13-26(14-23-20)12-17-3-2-4-18(22)11-17/h2-11,13-14H,12H2,1H3,(H,24,27)(H,25,28)/b10-7+. The number of carbonyl (C=O) groups excluding carboxylic acids is 2. The summed E-state index contributed by atoms with van der Waals surface area (Å²) in [7, 11) is 0. The van der Waals surface area contributed by atoms with Gasteiger partial charge < -0.3 is 15.2 Å². The van der Waals surface area contributed by atoms with Gasteiger partial charge in [0.05, 0.1) is 6.33 Å². The minimum Gasteiger partial charge on any atom is -0.331 e. The van der Waals surface area contributed by atoms with Crippen LogP contribution in [0.4, 0.5) is 11.5 Å². The summed E-state index contributed by atoms with van der Waals surface area (Å²) in [5, 5.41) is 6.10. The van der Waals surface area contributed by atoms with Crippen LogP contribution in [0.3, 0.4) is 0 Å². The highest BCUT2D eigenvalue weighted by atomic mass is 35.5. The first-order chi connectivity index (χ1) is 13.5. The predicted octanol–water partition coefficient (Wildman–Crippen LogP) is 4.20. The Labute approximate surface area is 167 Å². The van der Waals surface area contributed by atoms with Gasteiger partial charge in [-0.15, -0.1) is 0 Å². The molecule has 2 aromatic carbocycles. The lowest BCUT2D eigenvalue weighted by molar-refractivity contribution is -0.114. The largest absolute Gasteiger partial charge is 0.331 e. The summed E-state index contributed by atoms with van der Waals surface area (Å²) >= 11 is 5.99. The maximum atomic E-state index is 12.1. The minimum absolute atomic E-state index is 0.127. The third kappa shape index (κ3) is 5.82. The Bertz CT molecular complexity index is 1010. The van der Waals surface area contributed by atoms with Crippen molar-refractivity contribution in [2.75, 3.05) is 10.6 Å². The van der Waals surface area contributed by atoms with Crippen molar-refractivity contribution in [2.45, 2.75) is 13.5 Å². The Morgan fingerprint density at radius 3 is 2.64 bits per heavy atom. The van der Waals surface area contributed by atoms with Gasteiger partial charge >= 0.3 is 0 Å². The zero-order valence-electron chi connectivity index (χ0n) is 15.2. The molecule has 0 radical (unpaired) electrons. The molecule has 0 aliphatic rings. The van der Waals surface area contributed by atoms with E-state index in [2.05, 4.69) is 15.6 Å². The number of benzene rings is 2. The highest BCUT2D eigenvalue weighted by Gasteiger charge is 2.03. The number of halogens is 1.